The molecule has 5 heteroatoms. The highest BCUT2D eigenvalue weighted by atomic mass is 16.5. The lowest BCUT2D eigenvalue weighted by Gasteiger charge is -2.17. The summed E-state index contributed by atoms with van der Waals surface area (Å²) >= 11 is 0. The summed E-state index contributed by atoms with van der Waals surface area (Å²) in [5.41, 5.74) is 2.40. The van der Waals surface area contributed by atoms with Gasteiger partial charge in [0, 0.05) is 26.1 Å². The first kappa shape index (κ1) is 19.9. The smallest absolute Gasteiger partial charge is 0.225 e. The van der Waals surface area contributed by atoms with Crippen molar-refractivity contribution in [1.82, 2.24) is 10.2 Å². The van der Waals surface area contributed by atoms with Crippen molar-refractivity contribution in [3.63, 3.8) is 0 Å². The van der Waals surface area contributed by atoms with E-state index in [4.69, 9.17) is 4.74 Å². The van der Waals surface area contributed by atoms with E-state index in [0.717, 1.165) is 30.6 Å². The second-order valence-electron chi connectivity index (χ2n) is 7.22. The maximum atomic E-state index is 12.4. The van der Waals surface area contributed by atoms with E-state index in [1.165, 1.54) is 5.56 Å². The molecule has 1 atom stereocenters. The first-order chi connectivity index (χ1) is 13.7. The number of hydrogen-bond acceptors (Lipinski definition) is 3. The van der Waals surface area contributed by atoms with Crippen LogP contribution in [0.1, 0.15) is 24.0 Å². The second-order valence-corrected chi connectivity index (χ2v) is 7.22. The Balaban J connectivity index is 1.39. The zero-order chi connectivity index (χ0) is 19.8. The first-order valence-corrected chi connectivity index (χ1v) is 9.88. The van der Waals surface area contributed by atoms with Gasteiger partial charge >= 0.3 is 0 Å². The minimum absolute atomic E-state index is 0.00899. The van der Waals surface area contributed by atoms with Gasteiger partial charge in [-0.25, -0.2) is 0 Å². The first-order valence-electron chi connectivity index (χ1n) is 9.88. The molecule has 2 amide bonds. The van der Waals surface area contributed by atoms with Crippen LogP contribution >= 0.6 is 0 Å². The Morgan fingerprint density at radius 2 is 1.89 bits per heavy atom. The fraction of sp³-hybridized carbons (Fsp3) is 0.391. The number of aryl methyl sites for hydroxylation is 1. The van der Waals surface area contributed by atoms with Crippen LogP contribution in [0.2, 0.25) is 0 Å². The van der Waals surface area contributed by atoms with Crippen molar-refractivity contribution >= 4 is 11.8 Å². The van der Waals surface area contributed by atoms with Gasteiger partial charge in [-0.15, -0.1) is 0 Å². The summed E-state index contributed by atoms with van der Waals surface area (Å²) in [6.45, 7) is 1.78. The fourth-order valence-corrected chi connectivity index (χ4v) is 3.55. The molecule has 5 nitrogen and oxygen atoms in total. The van der Waals surface area contributed by atoms with Crippen molar-refractivity contribution in [1.29, 1.82) is 0 Å². The number of carbonyl (C=O) groups is 2. The Labute approximate surface area is 166 Å². The van der Waals surface area contributed by atoms with Crippen molar-refractivity contribution in [2.75, 3.05) is 26.7 Å². The van der Waals surface area contributed by atoms with E-state index < -0.39 is 0 Å². The molecule has 0 aromatic heterocycles. The van der Waals surface area contributed by atoms with Crippen LogP contribution in [-0.2, 0) is 22.4 Å². The number of nitrogens with zero attached hydrogens (tertiary/aromatic N) is 1. The molecule has 2 aromatic rings. The van der Waals surface area contributed by atoms with E-state index in [-0.39, 0.29) is 17.7 Å². The average Bonchev–Trinajstić information content (AvgIpc) is 3.11. The quantitative estimate of drug-likeness (QED) is 0.681. The molecule has 1 fully saturated rings. The SMILES string of the molecule is COc1cccc(CCN2CC(C(=O)NCCCc3ccccc3)CC2=O)c1. The number of nitrogens with one attached hydrogen (secondary N) is 1. The molecule has 0 aliphatic carbocycles. The standard InChI is InChI=1S/C23H28N2O3/c1-28-21-11-5-9-19(15-21)12-14-25-17-20(16-22(25)26)23(27)24-13-6-10-18-7-3-2-4-8-18/h2-5,7-9,11,15,20H,6,10,12-14,16-17H2,1H3,(H,24,27). The van der Waals surface area contributed by atoms with Gasteiger partial charge in [-0.05, 0) is 42.5 Å². The molecule has 1 saturated heterocycles. The number of benzene rings is 2. The molecule has 1 aliphatic rings. The van der Waals surface area contributed by atoms with Crippen molar-refractivity contribution in [3.05, 3.63) is 65.7 Å². The monoisotopic (exact) mass is 380 g/mol. The molecule has 1 aliphatic heterocycles. The number of hydrogen-bond donors (Lipinski definition) is 1. The minimum Gasteiger partial charge on any atom is -0.497 e. The van der Waals surface area contributed by atoms with Crippen molar-refractivity contribution in [2.24, 2.45) is 5.92 Å². The third-order valence-electron chi connectivity index (χ3n) is 5.17. The molecule has 0 saturated carbocycles. The number of carbonyl (C=O) groups excluding carboxylic acids is 2. The summed E-state index contributed by atoms with van der Waals surface area (Å²) in [5, 5.41) is 2.99. The highest BCUT2D eigenvalue weighted by molar-refractivity contribution is 5.89. The van der Waals surface area contributed by atoms with E-state index in [9.17, 15) is 9.59 Å². The van der Waals surface area contributed by atoms with Crippen LogP contribution in [0.15, 0.2) is 54.6 Å². The van der Waals surface area contributed by atoms with Gasteiger partial charge in [0.05, 0.1) is 13.0 Å². The topological polar surface area (TPSA) is 58.6 Å². The molecule has 0 bridgehead atoms. The summed E-state index contributed by atoms with van der Waals surface area (Å²) in [4.78, 5) is 26.5. The van der Waals surface area contributed by atoms with Crippen LogP contribution in [0.3, 0.4) is 0 Å². The molecular weight excluding hydrogens is 352 g/mol. The lowest BCUT2D eigenvalue weighted by molar-refractivity contribution is -0.129. The normalized spacial score (nSPS) is 16.2. The van der Waals surface area contributed by atoms with Gasteiger partial charge in [-0.1, -0.05) is 42.5 Å². The fourth-order valence-electron chi connectivity index (χ4n) is 3.55. The van der Waals surface area contributed by atoms with Crippen LogP contribution in [-0.4, -0.2) is 43.5 Å². The van der Waals surface area contributed by atoms with Gasteiger partial charge in [0.1, 0.15) is 5.75 Å². The van der Waals surface area contributed by atoms with E-state index in [2.05, 4.69) is 17.4 Å². The molecule has 3 rings (SSSR count). The van der Waals surface area contributed by atoms with Crippen LogP contribution in [0.25, 0.3) is 0 Å². The average molecular weight is 380 g/mol. The molecule has 1 unspecified atom stereocenters. The van der Waals surface area contributed by atoms with Crippen molar-refractivity contribution in [3.8, 4) is 5.75 Å². The molecule has 28 heavy (non-hydrogen) atoms. The molecule has 1 N–H and O–H groups in total. The predicted octanol–water partition coefficient (Wildman–Crippen LogP) is 2.84. The zero-order valence-electron chi connectivity index (χ0n) is 16.4. The Kier molecular flexibility index (Phi) is 7.06. The van der Waals surface area contributed by atoms with E-state index in [1.54, 1.807) is 12.0 Å². The highest BCUT2D eigenvalue weighted by Crippen LogP contribution is 2.19. The Hall–Kier alpha value is -2.82. The minimum atomic E-state index is -0.241. The van der Waals surface area contributed by atoms with Crippen molar-refractivity contribution in [2.45, 2.75) is 25.7 Å². The number of likely N-dealkylation sites (tertiary alicyclic amines) is 1. The summed E-state index contributed by atoms with van der Waals surface area (Å²) in [5.74, 6) is 0.630. The Morgan fingerprint density at radius 1 is 1.11 bits per heavy atom. The molecular formula is C23H28N2O3. The lowest BCUT2D eigenvalue weighted by Crippen LogP contribution is -2.34. The van der Waals surface area contributed by atoms with Gasteiger partial charge in [-0.2, -0.15) is 0 Å². The summed E-state index contributed by atoms with van der Waals surface area (Å²) in [7, 11) is 1.65. The van der Waals surface area contributed by atoms with Gasteiger partial charge in [0.25, 0.3) is 0 Å². The lowest BCUT2D eigenvalue weighted by atomic mass is 10.1. The number of methoxy groups -OCH3 is 1. The van der Waals surface area contributed by atoms with Crippen molar-refractivity contribution < 1.29 is 14.3 Å². The maximum absolute atomic E-state index is 12.4. The third-order valence-corrected chi connectivity index (χ3v) is 5.17. The summed E-state index contributed by atoms with van der Waals surface area (Å²) < 4.78 is 5.24. The largest absolute Gasteiger partial charge is 0.497 e. The zero-order valence-corrected chi connectivity index (χ0v) is 16.4. The molecule has 0 spiro atoms. The van der Waals surface area contributed by atoms with Crippen LogP contribution < -0.4 is 10.1 Å². The van der Waals surface area contributed by atoms with Gasteiger partial charge in [0.15, 0.2) is 0 Å². The molecule has 2 aromatic carbocycles. The van der Waals surface area contributed by atoms with Gasteiger partial charge < -0.3 is 15.0 Å². The van der Waals surface area contributed by atoms with Gasteiger partial charge in [0.2, 0.25) is 11.8 Å². The Bertz CT molecular complexity index is 791. The third kappa shape index (κ3) is 5.59. The van der Waals surface area contributed by atoms with E-state index >= 15 is 0 Å². The maximum Gasteiger partial charge on any atom is 0.225 e. The predicted molar refractivity (Wildman–Crippen MR) is 109 cm³/mol. The van der Waals surface area contributed by atoms with E-state index in [0.29, 0.717) is 26.1 Å². The number of ether oxygens (including phenoxy) is 1. The Morgan fingerprint density at radius 3 is 2.68 bits per heavy atom. The molecule has 0 radical (unpaired) electrons. The second kappa shape index (κ2) is 9.93. The van der Waals surface area contributed by atoms with E-state index in [1.807, 2.05) is 42.5 Å². The van der Waals surface area contributed by atoms with Crippen LogP contribution in [0, 0.1) is 5.92 Å². The highest BCUT2D eigenvalue weighted by Gasteiger charge is 2.33. The number of rotatable bonds is 9. The van der Waals surface area contributed by atoms with Gasteiger partial charge in [-0.3, -0.25) is 9.59 Å². The van der Waals surface area contributed by atoms with Crippen LogP contribution in [0.5, 0.6) is 5.75 Å². The number of amides is 2. The summed E-state index contributed by atoms with van der Waals surface area (Å²) in [6, 6.07) is 18.1. The van der Waals surface area contributed by atoms with Crippen LogP contribution in [0.4, 0.5) is 0 Å². The molecule has 1 heterocycles. The summed E-state index contributed by atoms with van der Waals surface area (Å²) in [6.07, 6.45) is 2.91. The molecule has 148 valence electrons.